The third-order valence-corrected chi connectivity index (χ3v) is 4.84. The number of rotatable bonds is 4. The first-order chi connectivity index (χ1) is 12.3. The maximum Gasteiger partial charge on any atom is 0.327 e. The second kappa shape index (κ2) is 7.16. The van der Waals surface area contributed by atoms with Crippen molar-refractivity contribution >= 4 is 29.8 Å². The Bertz CT molecular complexity index is 691. The summed E-state index contributed by atoms with van der Waals surface area (Å²) in [7, 11) is 0. The quantitative estimate of drug-likeness (QED) is 0.469. The molecule has 1 aliphatic carbocycles. The first-order valence-electron chi connectivity index (χ1n) is 8.79. The zero-order valence-corrected chi connectivity index (χ0v) is 16.0. The predicted octanol–water partition coefficient (Wildman–Crippen LogP) is 0.250. The van der Waals surface area contributed by atoms with E-state index < -0.39 is 48.0 Å². The van der Waals surface area contributed by atoms with E-state index in [1.807, 2.05) is 20.8 Å². The van der Waals surface area contributed by atoms with Crippen molar-refractivity contribution in [3.8, 4) is 0 Å². The first-order valence-corrected chi connectivity index (χ1v) is 8.79. The van der Waals surface area contributed by atoms with Gasteiger partial charge in [-0.1, -0.05) is 20.8 Å². The molecule has 6 amide bonds. The van der Waals surface area contributed by atoms with Crippen molar-refractivity contribution < 1.29 is 28.7 Å². The van der Waals surface area contributed by atoms with Gasteiger partial charge in [0.1, 0.15) is 12.1 Å². The number of carbonyl (C=O) groups is 5. The maximum atomic E-state index is 12.9. The number of hydrogen-bond acceptors (Lipinski definition) is 6. The van der Waals surface area contributed by atoms with Crippen LogP contribution in [-0.4, -0.2) is 52.9 Å². The highest BCUT2D eigenvalue weighted by Crippen LogP contribution is 2.46. The smallest absolute Gasteiger partial charge is 0.327 e. The minimum atomic E-state index is -1.30. The highest BCUT2D eigenvalue weighted by atomic mass is 16.5. The highest BCUT2D eigenvalue weighted by molar-refractivity contribution is 6.09. The summed E-state index contributed by atoms with van der Waals surface area (Å²) in [6.07, 6.45) is 0.627. The molecule has 150 valence electrons. The van der Waals surface area contributed by atoms with Gasteiger partial charge >= 0.3 is 18.0 Å². The molecule has 2 rings (SSSR count). The molecule has 3 unspecified atom stereocenters. The number of nitrogens with zero attached hydrogens (tertiary/aromatic N) is 1. The molecule has 0 bridgehead atoms. The fraction of sp³-hybridized carbons (Fsp3) is 0.706. The molecule has 0 aromatic rings. The van der Waals surface area contributed by atoms with Crippen LogP contribution in [0.25, 0.3) is 0 Å². The third kappa shape index (κ3) is 4.55. The molecule has 0 aromatic carbocycles. The number of carbonyl (C=O) groups excluding carboxylic acids is 5. The van der Waals surface area contributed by atoms with Gasteiger partial charge in [-0.3, -0.25) is 24.6 Å². The summed E-state index contributed by atoms with van der Waals surface area (Å²) < 4.78 is 4.88. The van der Waals surface area contributed by atoms with Crippen molar-refractivity contribution in [3.05, 3.63) is 0 Å². The summed E-state index contributed by atoms with van der Waals surface area (Å²) in [5.41, 5.74) is 3.68. The fourth-order valence-electron chi connectivity index (χ4n) is 4.29. The zero-order valence-electron chi connectivity index (χ0n) is 16.0. The highest BCUT2D eigenvalue weighted by Gasteiger charge is 2.56. The van der Waals surface area contributed by atoms with Crippen molar-refractivity contribution in [1.29, 1.82) is 0 Å². The van der Waals surface area contributed by atoms with Gasteiger partial charge in [0.2, 0.25) is 0 Å². The largest absolute Gasteiger partial charge is 0.451 e. The van der Waals surface area contributed by atoms with Crippen molar-refractivity contribution in [2.45, 2.75) is 58.6 Å². The molecule has 1 saturated carbocycles. The van der Waals surface area contributed by atoms with Crippen molar-refractivity contribution in [2.75, 3.05) is 6.54 Å². The Labute approximate surface area is 157 Å². The van der Waals surface area contributed by atoms with E-state index in [1.165, 1.54) is 6.92 Å². The molecule has 2 fully saturated rings. The maximum absolute atomic E-state index is 12.9. The molecule has 0 aromatic heterocycles. The van der Waals surface area contributed by atoms with E-state index >= 15 is 0 Å². The Hall–Kier alpha value is -2.65. The summed E-state index contributed by atoms with van der Waals surface area (Å²) in [5, 5.41) is 4.53. The molecule has 1 heterocycles. The van der Waals surface area contributed by atoms with Crippen molar-refractivity contribution in [1.82, 2.24) is 15.5 Å². The molecular formula is C17H26N4O6. The summed E-state index contributed by atoms with van der Waals surface area (Å²) in [6, 6.07) is -1.73. The third-order valence-electron chi connectivity index (χ3n) is 4.84. The summed E-state index contributed by atoms with van der Waals surface area (Å²) in [6.45, 7) is 6.74. The number of urea groups is 2. The van der Waals surface area contributed by atoms with Crippen LogP contribution in [0.15, 0.2) is 0 Å². The van der Waals surface area contributed by atoms with Crippen LogP contribution in [0, 0.1) is 11.3 Å². The van der Waals surface area contributed by atoms with E-state index in [-0.39, 0.29) is 11.3 Å². The molecule has 0 radical (unpaired) electrons. The summed E-state index contributed by atoms with van der Waals surface area (Å²) in [4.78, 5) is 60.3. The SMILES string of the molecule is CC1CC(C)(C)CC2(C1)NC(=O)N(CC(=O)OC(C)C(=O)NC(N)=O)C2=O. The standard InChI is InChI=1S/C17H26N4O6/c1-9-5-16(3,4)8-17(6-9)13(24)21(15(26)20-17)7-11(22)27-10(2)12(23)19-14(18)25/h9-10H,5-8H2,1-4H3,(H,20,26)(H3,18,19,23,25). The lowest BCUT2D eigenvalue weighted by Crippen LogP contribution is -2.54. The zero-order chi connectivity index (χ0) is 20.6. The molecule has 27 heavy (non-hydrogen) atoms. The molecule has 1 aliphatic heterocycles. The Morgan fingerprint density at radius 2 is 1.96 bits per heavy atom. The van der Waals surface area contributed by atoms with Crippen LogP contribution in [-0.2, 0) is 19.1 Å². The number of primary amides is 1. The predicted molar refractivity (Wildman–Crippen MR) is 93.1 cm³/mol. The van der Waals surface area contributed by atoms with Gasteiger partial charge in [-0.15, -0.1) is 0 Å². The lowest BCUT2D eigenvalue weighted by molar-refractivity contribution is -0.156. The number of nitrogens with one attached hydrogen (secondary N) is 2. The molecule has 10 nitrogen and oxygen atoms in total. The van der Waals surface area contributed by atoms with Crippen molar-refractivity contribution in [3.63, 3.8) is 0 Å². The number of ether oxygens (including phenoxy) is 1. The van der Waals surface area contributed by atoms with Gasteiger partial charge in [0.05, 0.1) is 0 Å². The average molecular weight is 382 g/mol. The topological polar surface area (TPSA) is 148 Å². The second-order valence-electron chi connectivity index (χ2n) is 8.24. The molecule has 1 spiro atoms. The van der Waals surface area contributed by atoms with E-state index in [0.717, 1.165) is 11.3 Å². The van der Waals surface area contributed by atoms with Crippen LogP contribution >= 0.6 is 0 Å². The average Bonchev–Trinajstić information content (AvgIpc) is 2.68. The monoisotopic (exact) mass is 382 g/mol. The van der Waals surface area contributed by atoms with Crippen LogP contribution in [0.3, 0.4) is 0 Å². The van der Waals surface area contributed by atoms with Gasteiger partial charge < -0.3 is 15.8 Å². The van der Waals surface area contributed by atoms with Crippen molar-refractivity contribution in [2.24, 2.45) is 17.1 Å². The Morgan fingerprint density at radius 3 is 2.52 bits per heavy atom. The van der Waals surface area contributed by atoms with Crippen LogP contribution in [0.5, 0.6) is 0 Å². The lowest BCUT2D eigenvalue weighted by Gasteiger charge is -2.43. The fourth-order valence-corrected chi connectivity index (χ4v) is 4.29. The Kier molecular flexibility index (Phi) is 5.48. The number of amides is 6. The van der Waals surface area contributed by atoms with Gasteiger partial charge in [-0.25, -0.2) is 9.59 Å². The van der Waals surface area contributed by atoms with Gasteiger partial charge in [-0.2, -0.15) is 0 Å². The molecule has 2 aliphatic rings. The summed E-state index contributed by atoms with van der Waals surface area (Å²) in [5.74, 6) is -2.06. The molecular weight excluding hydrogens is 356 g/mol. The minimum absolute atomic E-state index is 0.126. The number of imide groups is 2. The van der Waals surface area contributed by atoms with Crippen LogP contribution < -0.4 is 16.4 Å². The van der Waals surface area contributed by atoms with Crippen LogP contribution in [0.1, 0.15) is 47.0 Å². The Balaban J connectivity index is 2.04. The van der Waals surface area contributed by atoms with Gasteiger partial charge in [0.25, 0.3) is 11.8 Å². The summed E-state index contributed by atoms with van der Waals surface area (Å²) >= 11 is 0. The number of nitrogens with two attached hydrogens (primary N) is 1. The minimum Gasteiger partial charge on any atom is -0.451 e. The van der Waals surface area contributed by atoms with E-state index in [9.17, 15) is 24.0 Å². The lowest BCUT2D eigenvalue weighted by atomic mass is 9.64. The van der Waals surface area contributed by atoms with Gasteiger partial charge in [-0.05, 0) is 37.5 Å². The molecule has 4 N–H and O–H groups in total. The number of hydrogen-bond donors (Lipinski definition) is 3. The molecule has 3 atom stereocenters. The normalized spacial score (nSPS) is 27.9. The first kappa shape index (κ1) is 20.7. The molecule has 1 saturated heterocycles. The Morgan fingerprint density at radius 1 is 1.33 bits per heavy atom. The van der Waals surface area contributed by atoms with Gasteiger partial charge in [0, 0.05) is 0 Å². The number of esters is 1. The van der Waals surface area contributed by atoms with E-state index in [4.69, 9.17) is 10.5 Å². The molecule has 10 heteroatoms. The van der Waals surface area contributed by atoms with E-state index in [0.29, 0.717) is 12.8 Å². The van der Waals surface area contributed by atoms with Crippen LogP contribution in [0.2, 0.25) is 0 Å². The van der Waals surface area contributed by atoms with Gasteiger partial charge in [0.15, 0.2) is 6.10 Å². The van der Waals surface area contributed by atoms with E-state index in [2.05, 4.69) is 5.32 Å². The second-order valence-corrected chi connectivity index (χ2v) is 8.24. The van der Waals surface area contributed by atoms with E-state index in [1.54, 1.807) is 5.32 Å². The van der Waals surface area contributed by atoms with Crippen LogP contribution in [0.4, 0.5) is 9.59 Å².